The van der Waals surface area contributed by atoms with E-state index in [1.807, 2.05) is 6.92 Å². The van der Waals surface area contributed by atoms with E-state index in [-0.39, 0.29) is 10.6 Å². The highest BCUT2D eigenvalue weighted by molar-refractivity contribution is 7.89. The van der Waals surface area contributed by atoms with Crippen LogP contribution in [-0.4, -0.2) is 31.0 Å². The molecule has 0 saturated heterocycles. The molecule has 0 saturated carbocycles. The lowest BCUT2D eigenvalue weighted by Crippen LogP contribution is -2.30. The zero-order valence-electron chi connectivity index (χ0n) is 15.1. The lowest BCUT2D eigenvalue weighted by Gasteiger charge is -2.18. The third-order valence-electron chi connectivity index (χ3n) is 3.79. The summed E-state index contributed by atoms with van der Waals surface area (Å²) < 4.78 is 33.0. The molecule has 0 aliphatic carbocycles. The quantitative estimate of drug-likeness (QED) is 0.456. The molecule has 2 N–H and O–H groups in total. The van der Waals surface area contributed by atoms with Gasteiger partial charge >= 0.3 is 5.97 Å². The maximum atomic E-state index is 12.6. The van der Waals surface area contributed by atoms with E-state index >= 15 is 0 Å². The van der Waals surface area contributed by atoms with Crippen molar-refractivity contribution < 1.29 is 28.0 Å². The number of carboxylic acid groups (broad SMARTS) is 1. The Morgan fingerprint density at radius 3 is 2.29 bits per heavy atom. The zero-order chi connectivity index (χ0) is 20.7. The van der Waals surface area contributed by atoms with E-state index < -0.39 is 33.4 Å². The third-order valence-corrected chi connectivity index (χ3v) is 5.28. The molecule has 2 aromatic rings. The molecule has 0 heterocycles. The van der Waals surface area contributed by atoms with Gasteiger partial charge in [-0.1, -0.05) is 19.1 Å². The van der Waals surface area contributed by atoms with Crippen molar-refractivity contribution >= 4 is 21.7 Å². The van der Waals surface area contributed by atoms with Crippen LogP contribution in [0.5, 0.6) is 5.75 Å². The lowest BCUT2D eigenvalue weighted by molar-refractivity contribution is -0.384. The van der Waals surface area contributed by atoms with Crippen LogP contribution in [0.2, 0.25) is 0 Å². The number of rotatable bonds is 10. The molecule has 2 rings (SSSR count). The van der Waals surface area contributed by atoms with Crippen molar-refractivity contribution in [2.75, 3.05) is 6.61 Å². The molecule has 0 aromatic heterocycles. The number of nitrogens with one attached hydrogen (secondary N) is 1. The minimum Gasteiger partial charge on any atom is -0.494 e. The van der Waals surface area contributed by atoms with Gasteiger partial charge in [0.2, 0.25) is 10.0 Å². The molecular formula is C18H20N2O7S. The van der Waals surface area contributed by atoms with Crippen LogP contribution in [0.1, 0.15) is 31.4 Å². The number of benzene rings is 2. The Morgan fingerprint density at radius 2 is 1.79 bits per heavy atom. The number of ether oxygens (including phenoxy) is 1. The number of sulfonamides is 1. The van der Waals surface area contributed by atoms with Gasteiger partial charge < -0.3 is 9.84 Å². The predicted molar refractivity (Wildman–Crippen MR) is 101 cm³/mol. The van der Waals surface area contributed by atoms with Crippen LogP contribution >= 0.6 is 0 Å². The summed E-state index contributed by atoms with van der Waals surface area (Å²) in [4.78, 5) is 21.1. The van der Waals surface area contributed by atoms with E-state index in [0.717, 1.165) is 30.7 Å². The first-order valence-corrected chi connectivity index (χ1v) is 9.92. The highest BCUT2D eigenvalue weighted by Gasteiger charge is 2.24. The van der Waals surface area contributed by atoms with Crippen molar-refractivity contribution in [3.05, 3.63) is 64.2 Å². The van der Waals surface area contributed by atoms with Crippen LogP contribution in [0, 0.1) is 10.1 Å². The van der Waals surface area contributed by atoms with Crippen LogP contribution in [0.25, 0.3) is 0 Å². The first-order chi connectivity index (χ1) is 13.2. The molecule has 150 valence electrons. The molecule has 0 aliphatic heterocycles. The summed E-state index contributed by atoms with van der Waals surface area (Å²) in [6, 6.07) is 9.78. The van der Waals surface area contributed by atoms with Gasteiger partial charge in [0.25, 0.3) is 5.69 Å². The van der Waals surface area contributed by atoms with E-state index in [0.29, 0.717) is 17.9 Å². The third kappa shape index (κ3) is 5.76. The van der Waals surface area contributed by atoms with Gasteiger partial charge in [-0.2, -0.15) is 0 Å². The number of nitro groups is 1. The number of non-ortho nitro benzene ring substituents is 1. The van der Waals surface area contributed by atoms with E-state index in [2.05, 4.69) is 4.72 Å². The van der Waals surface area contributed by atoms with Gasteiger partial charge in [0, 0.05) is 12.1 Å². The Kier molecular flexibility index (Phi) is 7.07. The second kappa shape index (κ2) is 9.29. The van der Waals surface area contributed by atoms with Crippen molar-refractivity contribution in [3.8, 4) is 5.75 Å². The number of carboxylic acids is 1. The topological polar surface area (TPSA) is 136 Å². The molecule has 0 spiro atoms. The summed E-state index contributed by atoms with van der Waals surface area (Å²) in [6.07, 6.45) is 0.361. The number of nitro benzene ring substituents is 1. The summed E-state index contributed by atoms with van der Waals surface area (Å²) >= 11 is 0. The Morgan fingerprint density at radius 1 is 1.18 bits per heavy atom. The van der Waals surface area contributed by atoms with Crippen molar-refractivity contribution in [1.82, 2.24) is 4.72 Å². The molecule has 28 heavy (non-hydrogen) atoms. The normalized spacial score (nSPS) is 12.3. The van der Waals surface area contributed by atoms with E-state index in [9.17, 15) is 23.3 Å². The Hall–Kier alpha value is -2.98. The van der Waals surface area contributed by atoms with Crippen molar-refractivity contribution in [2.45, 2.75) is 30.7 Å². The highest BCUT2D eigenvalue weighted by Crippen LogP contribution is 2.24. The van der Waals surface area contributed by atoms with E-state index in [4.69, 9.17) is 9.84 Å². The molecule has 0 unspecified atom stereocenters. The summed E-state index contributed by atoms with van der Waals surface area (Å²) in [5.41, 5.74) is 0.209. The molecule has 0 aliphatic rings. The maximum Gasteiger partial charge on any atom is 0.305 e. The fraction of sp³-hybridized carbons (Fsp3) is 0.278. The van der Waals surface area contributed by atoms with Crippen LogP contribution in [0.4, 0.5) is 5.69 Å². The van der Waals surface area contributed by atoms with Crippen molar-refractivity contribution in [2.24, 2.45) is 0 Å². The lowest BCUT2D eigenvalue weighted by atomic mass is 10.0. The summed E-state index contributed by atoms with van der Waals surface area (Å²) in [5, 5.41) is 19.9. The molecule has 1 atom stereocenters. The smallest absolute Gasteiger partial charge is 0.305 e. The number of aliphatic carboxylic acids is 1. The van der Waals surface area contributed by atoms with Crippen LogP contribution in [0.3, 0.4) is 0 Å². The molecule has 0 bridgehead atoms. The fourth-order valence-electron chi connectivity index (χ4n) is 2.42. The van der Waals surface area contributed by atoms with Crippen LogP contribution in [0.15, 0.2) is 53.4 Å². The van der Waals surface area contributed by atoms with Gasteiger partial charge in [-0.15, -0.1) is 0 Å². The number of hydrogen-bond acceptors (Lipinski definition) is 6. The number of nitrogens with zero attached hydrogens (tertiary/aromatic N) is 1. The van der Waals surface area contributed by atoms with E-state index in [1.54, 1.807) is 24.3 Å². The standard InChI is InChI=1S/C18H20N2O7S/c1-2-11-27-15-7-3-13(4-8-15)17(12-18(21)22)19-28(25,26)16-9-5-14(6-10-16)20(23)24/h3-10,17,19H,2,11-12H2,1H3,(H,21,22)/t17-/m0/s1. The number of carbonyl (C=O) groups is 1. The average Bonchev–Trinajstić information content (AvgIpc) is 2.66. The molecule has 0 fully saturated rings. The van der Waals surface area contributed by atoms with Gasteiger partial charge in [0.05, 0.1) is 28.9 Å². The van der Waals surface area contributed by atoms with Gasteiger partial charge in [-0.3, -0.25) is 14.9 Å². The minimum absolute atomic E-state index is 0.198. The zero-order valence-corrected chi connectivity index (χ0v) is 15.9. The molecular weight excluding hydrogens is 388 g/mol. The van der Waals surface area contributed by atoms with Crippen molar-refractivity contribution in [3.63, 3.8) is 0 Å². The molecule has 9 nitrogen and oxygen atoms in total. The first kappa shape index (κ1) is 21.3. The average molecular weight is 408 g/mol. The summed E-state index contributed by atoms with van der Waals surface area (Å²) in [6.45, 7) is 2.49. The minimum atomic E-state index is -4.09. The van der Waals surface area contributed by atoms with Gasteiger partial charge in [-0.05, 0) is 36.2 Å². The van der Waals surface area contributed by atoms with Crippen LogP contribution in [-0.2, 0) is 14.8 Å². The Bertz CT molecular complexity index is 925. The fourth-order valence-corrected chi connectivity index (χ4v) is 3.65. The Balaban J connectivity index is 2.25. The highest BCUT2D eigenvalue weighted by atomic mass is 32.2. The largest absolute Gasteiger partial charge is 0.494 e. The van der Waals surface area contributed by atoms with Gasteiger partial charge in [-0.25, -0.2) is 13.1 Å². The molecule has 10 heteroatoms. The van der Waals surface area contributed by atoms with Crippen molar-refractivity contribution in [1.29, 1.82) is 0 Å². The van der Waals surface area contributed by atoms with Gasteiger partial charge in [0.1, 0.15) is 5.75 Å². The van der Waals surface area contributed by atoms with Crippen LogP contribution < -0.4 is 9.46 Å². The monoisotopic (exact) mass is 408 g/mol. The first-order valence-electron chi connectivity index (χ1n) is 8.44. The molecule has 0 amide bonds. The summed E-state index contributed by atoms with van der Waals surface area (Å²) in [5.74, 6) is -0.583. The molecule has 2 aromatic carbocycles. The van der Waals surface area contributed by atoms with E-state index in [1.165, 1.54) is 0 Å². The number of hydrogen-bond donors (Lipinski definition) is 2. The Labute approximate surface area is 162 Å². The maximum absolute atomic E-state index is 12.6. The summed E-state index contributed by atoms with van der Waals surface area (Å²) in [7, 11) is -4.09. The SMILES string of the molecule is CCCOc1ccc([C@H](CC(=O)O)NS(=O)(=O)c2ccc([N+](=O)[O-])cc2)cc1. The predicted octanol–water partition coefficient (Wildman–Crippen LogP) is 2.88. The second-order valence-electron chi connectivity index (χ2n) is 5.94. The second-order valence-corrected chi connectivity index (χ2v) is 7.65. The van der Waals surface area contributed by atoms with Gasteiger partial charge in [0.15, 0.2) is 0 Å². The molecule has 0 radical (unpaired) electrons.